The van der Waals surface area contributed by atoms with E-state index in [4.69, 9.17) is 9.52 Å². The van der Waals surface area contributed by atoms with Crippen LogP contribution < -0.4 is 5.32 Å². The van der Waals surface area contributed by atoms with Gasteiger partial charge in [-0.25, -0.2) is 0 Å². The van der Waals surface area contributed by atoms with E-state index in [1.54, 1.807) is 12.1 Å². The van der Waals surface area contributed by atoms with Crippen molar-refractivity contribution in [1.29, 1.82) is 0 Å². The molecule has 2 rings (SSSR count). The zero-order chi connectivity index (χ0) is 10.1. The molecule has 1 aromatic rings. The van der Waals surface area contributed by atoms with Gasteiger partial charge < -0.3 is 19.7 Å². The van der Waals surface area contributed by atoms with Crippen LogP contribution in [0.1, 0.15) is 11.8 Å². The molecule has 0 amide bonds. The van der Waals surface area contributed by atoms with Crippen molar-refractivity contribution >= 4 is 0 Å². The molecule has 1 aliphatic rings. The van der Waals surface area contributed by atoms with Gasteiger partial charge in [0.1, 0.15) is 11.9 Å². The number of rotatable bonds is 2. The van der Waals surface area contributed by atoms with Gasteiger partial charge in [-0.05, 0) is 12.1 Å². The molecule has 0 aliphatic carbocycles. The van der Waals surface area contributed by atoms with E-state index in [1.807, 2.05) is 0 Å². The van der Waals surface area contributed by atoms with Crippen LogP contribution in [0.4, 0.5) is 0 Å². The molecule has 0 radical (unpaired) electrons. The first-order valence-electron chi connectivity index (χ1n) is 4.50. The molecule has 1 aliphatic heterocycles. The smallest absolute Gasteiger partial charge is 0.123 e. The fraction of sp³-hybridized carbons (Fsp3) is 0.556. The number of nitrogens with one attached hydrogen (secondary N) is 1. The van der Waals surface area contributed by atoms with Gasteiger partial charge in [-0.15, -0.1) is 0 Å². The molecule has 0 saturated carbocycles. The molecule has 1 saturated heterocycles. The third-order valence-electron chi connectivity index (χ3n) is 2.54. The van der Waals surface area contributed by atoms with Gasteiger partial charge >= 0.3 is 0 Å². The predicted molar refractivity (Wildman–Crippen MR) is 47.5 cm³/mol. The minimum Gasteiger partial charge on any atom is -0.468 e. The quantitative estimate of drug-likeness (QED) is 0.491. The molecule has 78 valence electrons. The molecule has 0 unspecified atom stereocenters. The van der Waals surface area contributed by atoms with Gasteiger partial charge in [-0.3, -0.25) is 5.32 Å². The van der Waals surface area contributed by atoms with E-state index in [2.05, 4.69) is 5.32 Å². The second-order valence-corrected chi connectivity index (χ2v) is 3.43. The first kappa shape index (κ1) is 9.67. The van der Waals surface area contributed by atoms with Crippen molar-refractivity contribution in [3.8, 4) is 0 Å². The Kier molecular flexibility index (Phi) is 2.56. The monoisotopic (exact) mass is 199 g/mol. The van der Waals surface area contributed by atoms with Crippen LogP contribution >= 0.6 is 0 Å². The molecule has 2 heterocycles. The van der Waals surface area contributed by atoms with Gasteiger partial charge in [0.2, 0.25) is 0 Å². The van der Waals surface area contributed by atoms with E-state index in [0.29, 0.717) is 5.76 Å². The highest BCUT2D eigenvalue weighted by atomic mass is 16.4. The number of hydrogen-bond acceptors (Lipinski definition) is 5. The molecule has 14 heavy (non-hydrogen) atoms. The Morgan fingerprint density at radius 2 is 2.14 bits per heavy atom. The zero-order valence-corrected chi connectivity index (χ0v) is 7.50. The predicted octanol–water partition coefficient (Wildman–Crippen LogP) is -0.993. The lowest BCUT2D eigenvalue weighted by atomic mass is 10.1. The molecule has 1 aromatic heterocycles. The van der Waals surface area contributed by atoms with Crippen molar-refractivity contribution in [1.82, 2.24) is 5.32 Å². The van der Waals surface area contributed by atoms with Crippen molar-refractivity contribution in [2.75, 3.05) is 6.61 Å². The summed E-state index contributed by atoms with van der Waals surface area (Å²) in [6.45, 7) is -0.213. The third-order valence-corrected chi connectivity index (χ3v) is 2.54. The second kappa shape index (κ2) is 3.70. The molecular formula is C9H13NO4. The van der Waals surface area contributed by atoms with E-state index in [0.717, 1.165) is 0 Å². The van der Waals surface area contributed by atoms with Gasteiger partial charge in [0, 0.05) is 0 Å². The molecule has 1 fully saturated rings. The largest absolute Gasteiger partial charge is 0.468 e. The zero-order valence-electron chi connectivity index (χ0n) is 7.50. The van der Waals surface area contributed by atoms with Crippen molar-refractivity contribution < 1.29 is 19.7 Å². The third kappa shape index (κ3) is 1.44. The second-order valence-electron chi connectivity index (χ2n) is 3.43. The van der Waals surface area contributed by atoms with Gasteiger partial charge in [-0.2, -0.15) is 0 Å². The fourth-order valence-corrected chi connectivity index (χ4v) is 1.74. The average molecular weight is 199 g/mol. The summed E-state index contributed by atoms with van der Waals surface area (Å²) in [6, 6.07) is 2.48. The van der Waals surface area contributed by atoms with Crippen molar-refractivity contribution in [2.45, 2.75) is 24.3 Å². The maximum Gasteiger partial charge on any atom is 0.123 e. The first-order valence-corrected chi connectivity index (χ1v) is 4.50. The Morgan fingerprint density at radius 1 is 1.36 bits per heavy atom. The summed E-state index contributed by atoms with van der Waals surface area (Å²) in [5, 5.41) is 31.0. The first-order chi connectivity index (χ1) is 6.74. The SMILES string of the molecule is OC[C@@H]1N[C@@H](c2ccco2)[C@H](O)[C@H]1O. The minimum atomic E-state index is -0.963. The van der Waals surface area contributed by atoms with Crippen LogP contribution in [0.5, 0.6) is 0 Å². The molecule has 5 nitrogen and oxygen atoms in total. The van der Waals surface area contributed by atoms with Crippen LogP contribution in [0.3, 0.4) is 0 Å². The lowest BCUT2D eigenvalue weighted by Gasteiger charge is -2.12. The summed E-state index contributed by atoms with van der Waals surface area (Å²) in [6.07, 6.45) is -0.407. The van der Waals surface area contributed by atoms with E-state index >= 15 is 0 Å². The van der Waals surface area contributed by atoms with Gasteiger partial charge in [0.25, 0.3) is 0 Å². The highest BCUT2D eigenvalue weighted by molar-refractivity contribution is 5.12. The van der Waals surface area contributed by atoms with Gasteiger partial charge in [0.15, 0.2) is 0 Å². The summed E-state index contributed by atoms with van der Waals surface area (Å²) in [4.78, 5) is 0. The summed E-state index contributed by atoms with van der Waals surface area (Å²) in [5.41, 5.74) is 0. The Labute approximate surface area is 81.0 Å². The topological polar surface area (TPSA) is 85.9 Å². The van der Waals surface area contributed by atoms with Crippen LogP contribution in [-0.4, -0.2) is 40.2 Å². The molecule has 0 spiro atoms. The van der Waals surface area contributed by atoms with Crippen molar-refractivity contribution in [3.05, 3.63) is 24.2 Å². The van der Waals surface area contributed by atoms with Crippen LogP contribution in [0.2, 0.25) is 0 Å². The molecule has 5 heteroatoms. The molecular weight excluding hydrogens is 186 g/mol. The number of hydrogen-bond donors (Lipinski definition) is 4. The Hall–Kier alpha value is -0.880. The summed E-state index contributed by atoms with van der Waals surface area (Å²) in [7, 11) is 0. The van der Waals surface area contributed by atoms with E-state index in [-0.39, 0.29) is 6.61 Å². The molecule has 4 N–H and O–H groups in total. The van der Waals surface area contributed by atoms with Crippen LogP contribution in [0.15, 0.2) is 22.8 Å². The molecule has 4 atom stereocenters. The fourth-order valence-electron chi connectivity index (χ4n) is 1.74. The standard InChI is InChI=1S/C9H13NO4/c11-4-5-8(12)9(13)7(10-5)6-2-1-3-14-6/h1-3,5,7-13H,4H2/t5-,7-,8-,9-/m0/s1. The van der Waals surface area contributed by atoms with Crippen molar-refractivity contribution in [3.63, 3.8) is 0 Å². The minimum absolute atomic E-state index is 0.213. The summed E-state index contributed by atoms with van der Waals surface area (Å²) in [5.74, 6) is 0.563. The normalized spacial score (nSPS) is 37.6. The van der Waals surface area contributed by atoms with Crippen LogP contribution in [0.25, 0.3) is 0 Å². The maximum absolute atomic E-state index is 9.65. The number of furan rings is 1. The van der Waals surface area contributed by atoms with E-state index < -0.39 is 24.3 Å². The highest BCUT2D eigenvalue weighted by Gasteiger charge is 2.42. The molecule has 0 aromatic carbocycles. The van der Waals surface area contributed by atoms with Gasteiger partial charge in [-0.1, -0.05) is 0 Å². The number of aliphatic hydroxyl groups excluding tert-OH is 3. The lowest BCUT2D eigenvalue weighted by Crippen LogP contribution is -2.35. The van der Waals surface area contributed by atoms with Crippen molar-refractivity contribution in [2.24, 2.45) is 0 Å². The average Bonchev–Trinajstić information content (AvgIpc) is 2.78. The Morgan fingerprint density at radius 3 is 2.64 bits per heavy atom. The lowest BCUT2D eigenvalue weighted by molar-refractivity contribution is 0.0173. The van der Waals surface area contributed by atoms with E-state index in [9.17, 15) is 10.2 Å². The maximum atomic E-state index is 9.65. The van der Waals surface area contributed by atoms with Gasteiger partial charge in [0.05, 0.1) is 31.1 Å². The Bertz CT molecular complexity index is 287. The van der Waals surface area contributed by atoms with Crippen LogP contribution in [0, 0.1) is 0 Å². The van der Waals surface area contributed by atoms with E-state index in [1.165, 1.54) is 6.26 Å². The summed E-state index contributed by atoms with van der Waals surface area (Å²) < 4.78 is 5.11. The molecule has 0 bridgehead atoms. The Balaban J connectivity index is 2.16. The van der Waals surface area contributed by atoms with Crippen LogP contribution in [-0.2, 0) is 0 Å². The highest BCUT2D eigenvalue weighted by Crippen LogP contribution is 2.27. The summed E-state index contributed by atoms with van der Waals surface area (Å²) >= 11 is 0. The number of aliphatic hydroxyl groups is 3.